The molecule has 1 aromatic carbocycles. The summed E-state index contributed by atoms with van der Waals surface area (Å²) in [5.41, 5.74) is 0.807. The number of halogens is 1. The molecule has 2 rings (SSSR count). The summed E-state index contributed by atoms with van der Waals surface area (Å²) in [7, 11) is 0. The first-order valence-corrected chi connectivity index (χ1v) is 5.58. The Labute approximate surface area is 109 Å². The standard InChI is InChI=1S/C13H10ClNO3/c1-8-4-2-6-10(14)11(8)18-12-9(13(16)17)5-3-7-15-12/h2-7H,1H3,(H,16,17). The maximum absolute atomic E-state index is 11.0. The molecule has 0 unspecified atom stereocenters. The molecule has 1 N–H and O–H groups in total. The van der Waals surface area contributed by atoms with Gasteiger partial charge in [0.2, 0.25) is 5.88 Å². The van der Waals surface area contributed by atoms with Crippen molar-refractivity contribution < 1.29 is 14.6 Å². The van der Waals surface area contributed by atoms with Crippen molar-refractivity contribution in [3.05, 3.63) is 52.7 Å². The van der Waals surface area contributed by atoms with E-state index in [4.69, 9.17) is 21.4 Å². The van der Waals surface area contributed by atoms with Crippen molar-refractivity contribution in [1.82, 2.24) is 4.98 Å². The molecule has 0 saturated heterocycles. The monoisotopic (exact) mass is 263 g/mol. The summed E-state index contributed by atoms with van der Waals surface area (Å²) in [6.07, 6.45) is 1.47. The number of rotatable bonds is 3. The molecule has 0 amide bonds. The molecule has 92 valence electrons. The summed E-state index contributed by atoms with van der Waals surface area (Å²) in [6.45, 7) is 1.82. The smallest absolute Gasteiger partial charge is 0.341 e. The van der Waals surface area contributed by atoms with Crippen LogP contribution in [0.5, 0.6) is 11.6 Å². The van der Waals surface area contributed by atoms with Crippen LogP contribution < -0.4 is 4.74 Å². The Morgan fingerprint density at radius 2 is 2.11 bits per heavy atom. The van der Waals surface area contributed by atoms with Crippen molar-refractivity contribution in [3.8, 4) is 11.6 Å². The van der Waals surface area contributed by atoms with Crippen LogP contribution in [0.4, 0.5) is 0 Å². The average Bonchev–Trinajstić information content (AvgIpc) is 2.34. The Morgan fingerprint density at radius 1 is 1.33 bits per heavy atom. The third-order valence-electron chi connectivity index (χ3n) is 2.36. The first kappa shape index (κ1) is 12.4. The van der Waals surface area contributed by atoms with E-state index >= 15 is 0 Å². The molecule has 1 heterocycles. The van der Waals surface area contributed by atoms with Gasteiger partial charge in [0.15, 0.2) is 5.75 Å². The van der Waals surface area contributed by atoms with Crippen LogP contribution in [0.25, 0.3) is 0 Å². The van der Waals surface area contributed by atoms with Gasteiger partial charge in [0.05, 0.1) is 5.02 Å². The third-order valence-corrected chi connectivity index (χ3v) is 2.66. The van der Waals surface area contributed by atoms with Gasteiger partial charge in [0, 0.05) is 6.20 Å². The topological polar surface area (TPSA) is 59.4 Å². The molecule has 18 heavy (non-hydrogen) atoms. The molecule has 0 bridgehead atoms. The van der Waals surface area contributed by atoms with Crippen LogP contribution in [-0.4, -0.2) is 16.1 Å². The van der Waals surface area contributed by atoms with E-state index < -0.39 is 5.97 Å². The molecule has 5 heteroatoms. The number of hydrogen-bond acceptors (Lipinski definition) is 3. The Bertz CT molecular complexity index is 578. The number of hydrogen-bond donors (Lipinski definition) is 1. The number of carboxylic acids is 1. The van der Waals surface area contributed by atoms with E-state index in [9.17, 15) is 4.79 Å². The summed E-state index contributed by atoms with van der Waals surface area (Å²) in [5.74, 6) is -0.649. The zero-order chi connectivity index (χ0) is 13.1. The Morgan fingerprint density at radius 3 is 2.78 bits per heavy atom. The molecule has 4 nitrogen and oxygen atoms in total. The number of aromatic nitrogens is 1. The summed E-state index contributed by atoms with van der Waals surface area (Å²) in [6, 6.07) is 8.26. The molecular formula is C13H10ClNO3. The summed E-state index contributed by atoms with van der Waals surface area (Å²) in [5, 5.41) is 9.44. The highest BCUT2D eigenvalue weighted by molar-refractivity contribution is 6.32. The second-order valence-corrected chi connectivity index (χ2v) is 4.06. The number of ether oxygens (including phenoxy) is 1. The zero-order valence-electron chi connectivity index (χ0n) is 9.55. The normalized spacial score (nSPS) is 10.1. The first-order valence-electron chi connectivity index (χ1n) is 5.21. The lowest BCUT2D eigenvalue weighted by Gasteiger charge is -2.10. The Kier molecular flexibility index (Phi) is 3.48. The number of para-hydroxylation sites is 1. The molecule has 0 atom stereocenters. The molecular weight excluding hydrogens is 254 g/mol. The summed E-state index contributed by atoms with van der Waals surface area (Å²) < 4.78 is 5.51. The minimum Gasteiger partial charge on any atom is -0.477 e. The largest absolute Gasteiger partial charge is 0.477 e. The second kappa shape index (κ2) is 5.06. The second-order valence-electron chi connectivity index (χ2n) is 3.65. The molecule has 2 aromatic rings. The first-order chi connectivity index (χ1) is 8.59. The lowest BCUT2D eigenvalue weighted by Crippen LogP contribution is -2.02. The number of carboxylic acid groups (broad SMARTS) is 1. The number of benzene rings is 1. The highest BCUT2D eigenvalue weighted by Gasteiger charge is 2.15. The quantitative estimate of drug-likeness (QED) is 0.920. The van der Waals surface area contributed by atoms with E-state index in [0.29, 0.717) is 10.8 Å². The van der Waals surface area contributed by atoms with Gasteiger partial charge >= 0.3 is 5.97 Å². The van der Waals surface area contributed by atoms with Gasteiger partial charge in [0.1, 0.15) is 5.56 Å². The maximum Gasteiger partial charge on any atom is 0.341 e. The van der Waals surface area contributed by atoms with Crippen LogP contribution >= 0.6 is 11.6 Å². The lowest BCUT2D eigenvalue weighted by molar-refractivity contribution is 0.0693. The molecule has 0 aliphatic heterocycles. The van der Waals surface area contributed by atoms with Gasteiger partial charge < -0.3 is 9.84 Å². The molecule has 1 aromatic heterocycles. The van der Waals surface area contributed by atoms with Gasteiger partial charge in [-0.1, -0.05) is 23.7 Å². The van der Waals surface area contributed by atoms with Crippen molar-refractivity contribution >= 4 is 17.6 Å². The molecule has 0 radical (unpaired) electrons. The molecule has 0 aliphatic carbocycles. The van der Waals surface area contributed by atoms with Gasteiger partial charge in [-0.2, -0.15) is 0 Å². The Balaban J connectivity index is 2.43. The summed E-state index contributed by atoms with van der Waals surface area (Å²) >= 11 is 6.01. The number of carbonyl (C=O) groups is 1. The van der Waals surface area contributed by atoms with Crippen LogP contribution in [-0.2, 0) is 0 Å². The van der Waals surface area contributed by atoms with Crippen LogP contribution in [0, 0.1) is 6.92 Å². The SMILES string of the molecule is Cc1cccc(Cl)c1Oc1ncccc1C(=O)O. The Hall–Kier alpha value is -2.07. The van der Waals surface area contributed by atoms with Crippen LogP contribution in [0.2, 0.25) is 5.02 Å². The van der Waals surface area contributed by atoms with Crippen molar-refractivity contribution in [1.29, 1.82) is 0 Å². The number of pyridine rings is 1. The number of aromatic carboxylic acids is 1. The molecule has 0 saturated carbocycles. The van der Waals surface area contributed by atoms with E-state index in [1.54, 1.807) is 12.1 Å². The fourth-order valence-electron chi connectivity index (χ4n) is 1.48. The van der Waals surface area contributed by atoms with Crippen LogP contribution in [0.3, 0.4) is 0 Å². The number of aryl methyl sites for hydroxylation is 1. The predicted octanol–water partition coefficient (Wildman–Crippen LogP) is 3.53. The highest BCUT2D eigenvalue weighted by atomic mass is 35.5. The van der Waals surface area contributed by atoms with Crippen LogP contribution in [0.1, 0.15) is 15.9 Å². The average molecular weight is 264 g/mol. The lowest BCUT2D eigenvalue weighted by atomic mass is 10.2. The van der Waals surface area contributed by atoms with Gasteiger partial charge in [-0.05, 0) is 30.7 Å². The third kappa shape index (κ3) is 2.43. The minimum absolute atomic E-state index is 0.00294. The maximum atomic E-state index is 11.0. The van der Waals surface area contributed by atoms with Crippen molar-refractivity contribution in [2.75, 3.05) is 0 Å². The van der Waals surface area contributed by atoms with Crippen molar-refractivity contribution in [2.45, 2.75) is 6.92 Å². The fourth-order valence-corrected chi connectivity index (χ4v) is 1.74. The van der Waals surface area contributed by atoms with E-state index in [-0.39, 0.29) is 11.4 Å². The predicted molar refractivity (Wildman–Crippen MR) is 67.5 cm³/mol. The molecule has 0 fully saturated rings. The highest BCUT2D eigenvalue weighted by Crippen LogP contribution is 2.32. The van der Waals surface area contributed by atoms with Crippen LogP contribution in [0.15, 0.2) is 36.5 Å². The van der Waals surface area contributed by atoms with E-state index in [1.165, 1.54) is 18.3 Å². The van der Waals surface area contributed by atoms with Gasteiger partial charge in [-0.15, -0.1) is 0 Å². The van der Waals surface area contributed by atoms with Gasteiger partial charge in [-0.25, -0.2) is 9.78 Å². The summed E-state index contributed by atoms with van der Waals surface area (Å²) in [4.78, 5) is 14.9. The van der Waals surface area contributed by atoms with E-state index in [2.05, 4.69) is 4.98 Å². The van der Waals surface area contributed by atoms with Gasteiger partial charge in [-0.3, -0.25) is 0 Å². The van der Waals surface area contributed by atoms with E-state index in [0.717, 1.165) is 5.56 Å². The molecule has 0 spiro atoms. The minimum atomic E-state index is -1.09. The van der Waals surface area contributed by atoms with Crippen molar-refractivity contribution in [3.63, 3.8) is 0 Å². The fraction of sp³-hybridized carbons (Fsp3) is 0.0769. The van der Waals surface area contributed by atoms with E-state index in [1.807, 2.05) is 13.0 Å². The van der Waals surface area contributed by atoms with Crippen molar-refractivity contribution in [2.24, 2.45) is 0 Å². The number of nitrogens with zero attached hydrogens (tertiary/aromatic N) is 1. The zero-order valence-corrected chi connectivity index (χ0v) is 10.3. The van der Waals surface area contributed by atoms with Gasteiger partial charge in [0.25, 0.3) is 0 Å². The molecule has 0 aliphatic rings.